The van der Waals surface area contributed by atoms with Gasteiger partial charge in [0.15, 0.2) is 23.2 Å². The molecule has 3 heterocycles. The van der Waals surface area contributed by atoms with Crippen LogP contribution < -0.4 is 10.6 Å². The van der Waals surface area contributed by atoms with Gasteiger partial charge < -0.3 is 35.4 Å². The Bertz CT molecular complexity index is 894. The van der Waals surface area contributed by atoms with E-state index in [1.54, 1.807) is 11.6 Å². The van der Waals surface area contributed by atoms with Gasteiger partial charge in [-0.05, 0) is 25.2 Å². The lowest BCUT2D eigenvalue weighted by Crippen LogP contribution is -2.38. The molecule has 2 fully saturated rings. The third-order valence-corrected chi connectivity index (χ3v) is 6.32. The second-order valence-electron chi connectivity index (χ2n) is 8.50. The maximum atomic E-state index is 10.5. The molecule has 1 saturated carbocycles. The van der Waals surface area contributed by atoms with Gasteiger partial charge in [0.1, 0.15) is 24.1 Å². The van der Waals surface area contributed by atoms with Crippen molar-refractivity contribution in [3.05, 3.63) is 12.2 Å². The number of nitrogens with zero attached hydrogens (tertiary/aromatic N) is 4. The number of fused-ring (bicyclic) bond motifs is 1. The van der Waals surface area contributed by atoms with Crippen molar-refractivity contribution in [2.45, 2.75) is 69.4 Å². The molecule has 172 valence electrons. The smallest absolute Gasteiger partial charge is 0.168 e. The first-order valence-electron chi connectivity index (χ1n) is 10.8. The van der Waals surface area contributed by atoms with Crippen LogP contribution in [0.25, 0.3) is 11.2 Å². The van der Waals surface area contributed by atoms with Gasteiger partial charge in [-0.3, -0.25) is 4.57 Å². The van der Waals surface area contributed by atoms with Crippen molar-refractivity contribution in [3.63, 3.8) is 0 Å². The molecule has 11 heteroatoms. The van der Waals surface area contributed by atoms with Gasteiger partial charge in [-0.1, -0.05) is 6.92 Å². The lowest BCUT2D eigenvalue weighted by atomic mass is 9.84. The summed E-state index contributed by atoms with van der Waals surface area (Å²) < 4.78 is 12.6. The van der Waals surface area contributed by atoms with E-state index in [0.717, 1.165) is 19.3 Å². The Balaban J connectivity index is 1.56. The van der Waals surface area contributed by atoms with Crippen molar-refractivity contribution >= 4 is 17.0 Å². The molecule has 0 radical (unpaired) electrons. The molecule has 2 aliphatic rings. The summed E-state index contributed by atoms with van der Waals surface area (Å²) >= 11 is 0. The first-order chi connectivity index (χ1) is 14.9. The maximum absolute atomic E-state index is 10.5. The minimum Gasteiger partial charge on any atom is -0.393 e. The number of hydrogen-bond acceptors (Lipinski definition) is 10. The van der Waals surface area contributed by atoms with Crippen LogP contribution in [0.5, 0.6) is 0 Å². The van der Waals surface area contributed by atoms with E-state index in [0.29, 0.717) is 35.4 Å². The summed E-state index contributed by atoms with van der Waals surface area (Å²) in [6.07, 6.45) is 0.226. The Hall–Kier alpha value is -1.89. The van der Waals surface area contributed by atoms with E-state index in [1.807, 2.05) is 0 Å². The molecule has 0 bridgehead atoms. The Labute approximate surface area is 180 Å². The van der Waals surface area contributed by atoms with Crippen LogP contribution in [0.2, 0.25) is 0 Å². The summed E-state index contributed by atoms with van der Waals surface area (Å²) in [6.45, 7) is 2.70. The van der Waals surface area contributed by atoms with Gasteiger partial charge in [-0.15, -0.1) is 0 Å². The van der Waals surface area contributed by atoms with Crippen molar-refractivity contribution in [2.24, 2.45) is 5.92 Å². The zero-order chi connectivity index (χ0) is 22.1. The first kappa shape index (κ1) is 22.3. The van der Waals surface area contributed by atoms with E-state index in [1.165, 1.54) is 13.4 Å². The molecule has 5 N–H and O–H groups in total. The summed E-state index contributed by atoms with van der Waals surface area (Å²) in [6, 6.07) is 0.297. The molecule has 1 saturated heterocycles. The van der Waals surface area contributed by atoms with Crippen LogP contribution in [0, 0.1) is 5.92 Å². The van der Waals surface area contributed by atoms with Crippen LogP contribution >= 0.6 is 0 Å². The van der Waals surface area contributed by atoms with E-state index in [2.05, 4.69) is 32.5 Å². The molecule has 0 spiro atoms. The van der Waals surface area contributed by atoms with E-state index in [4.69, 9.17) is 9.47 Å². The topological polar surface area (TPSA) is 147 Å². The monoisotopic (exact) mass is 436 g/mol. The number of aliphatic hydroxyl groups excluding tert-OH is 3. The largest absolute Gasteiger partial charge is 0.393 e. The molecule has 0 aromatic carbocycles. The third kappa shape index (κ3) is 4.38. The van der Waals surface area contributed by atoms with Crippen molar-refractivity contribution in [1.82, 2.24) is 24.8 Å². The number of anilines is 1. The molecule has 11 nitrogen and oxygen atoms in total. The third-order valence-electron chi connectivity index (χ3n) is 6.32. The summed E-state index contributed by atoms with van der Waals surface area (Å²) in [4.78, 5) is 13.6. The van der Waals surface area contributed by atoms with Gasteiger partial charge in [0.25, 0.3) is 0 Å². The van der Waals surface area contributed by atoms with E-state index >= 15 is 0 Å². The normalized spacial score (nSPS) is 33.8. The van der Waals surface area contributed by atoms with Crippen LogP contribution in [-0.2, 0) is 16.0 Å². The Morgan fingerprint density at radius 1 is 1.23 bits per heavy atom. The average molecular weight is 437 g/mol. The average Bonchev–Trinajstić information content (AvgIpc) is 3.30. The quantitative estimate of drug-likeness (QED) is 0.394. The molecule has 2 aromatic rings. The first-order valence-corrected chi connectivity index (χ1v) is 10.8. The number of aromatic nitrogens is 4. The number of ether oxygens (including phenoxy) is 2. The molecule has 1 aliphatic carbocycles. The van der Waals surface area contributed by atoms with Crippen LogP contribution in [0.1, 0.15) is 38.2 Å². The van der Waals surface area contributed by atoms with Gasteiger partial charge in [0.05, 0.1) is 25.6 Å². The number of rotatable bonds is 7. The van der Waals surface area contributed by atoms with Gasteiger partial charge in [-0.2, -0.15) is 0 Å². The molecular formula is C20H32N6O5. The summed E-state index contributed by atoms with van der Waals surface area (Å²) in [7, 11) is 3.28. The maximum Gasteiger partial charge on any atom is 0.168 e. The fourth-order valence-corrected chi connectivity index (χ4v) is 4.46. The van der Waals surface area contributed by atoms with Gasteiger partial charge >= 0.3 is 0 Å². The number of aliphatic hydroxyl groups is 3. The van der Waals surface area contributed by atoms with Crippen LogP contribution in [0.4, 0.5) is 5.82 Å². The number of imidazole rings is 1. The number of nitrogens with one attached hydrogen (secondary N) is 2. The highest BCUT2D eigenvalue weighted by Crippen LogP contribution is 2.32. The van der Waals surface area contributed by atoms with Gasteiger partial charge in [0, 0.05) is 20.2 Å². The molecule has 1 aliphatic heterocycles. The fourth-order valence-electron chi connectivity index (χ4n) is 4.46. The van der Waals surface area contributed by atoms with Crippen molar-refractivity contribution < 1.29 is 24.8 Å². The minimum absolute atomic E-state index is 0.168. The second-order valence-corrected chi connectivity index (χ2v) is 8.50. The zero-order valence-corrected chi connectivity index (χ0v) is 18.1. The van der Waals surface area contributed by atoms with Crippen LogP contribution in [0.15, 0.2) is 6.33 Å². The Kier molecular flexibility index (Phi) is 6.70. The second kappa shape index (κ2) is 9.31. The molecule has 4 rings (SSSR count). The lowest BCUT2D eigenvalue weighted by molar-refractivity contribution is -0.0580. The van der Waals surface area contributed by atoms with E-state index in [-0.39, 0.29) is 18.6 Å². The number of hydrogen-bond donors (Lipinski definition) is 5. The van der Waals surface area contributed by atoms with Crippen LogP contribution in [0.3, 0.4) is 0 Å². The minimum atomic E-state index is -1.14. The van der Waals surface area contributed by atoms with E-state index < -0.39 is 24.5 Å². The van der Waals surface area contributed by atoms with Crippen molar-refractivity contribution in [2.75, 3.05) is 26.1 Å². The molecule has 0 amide bonds. The van der Waals surface area contributed by atoms with Gasteiger partial charge in [-0.25, -0.2) is 15.0 Å². The van der Waals surface area contributed by atoms with Crippen LogP contribution in [-0.4, -0.2) is 86.1 Å². The Morgan fingerprint density at radius 2 is 2.03 bits per heavy atom. The number of methoxy groups -OCH3 is 1. The van der Waals surface area contributed by atoms with E-state index in [9.17, 15) is 15.3 Å². The van der Waals surface area contributed by atoms with Crippen molar-refractivity contribution in [3.8, 4) is 0 Å². The highest BCUT2D eigenvalue weighted by atomic mass is 16.6. The lowest BCUT2D eigenvalue weighted by Gasteiger charge is -2.31. The fraction of sp³-hybridized carbons (Fsp3) is 0.750. The predicted molar refractivity (Wildman–Crippen MR) is 112 cm³/mol. The molecule has 7 atom stereocenters. The highest BCUT2D eigenvalue weighted by molar-refractivity contribution is 5.83. The predicted octanol–water partition coefficient (Wildman–Crippen LogP) is -0.227. The summed E-state index contributed by atoms with van der Waals surface area (Å²) in [5.74, 6) is 1.42. The molecule has 31 heavy (non-hydrogen) atoms. The standard InChI is InChI=1S/C20H32N6O5/c1-10-6-11(4-5-12(10)27)22-7-14-24-18(21-2)15-19(25-14)26(9-23-15)20-17(29)16(28)13(31-20)8-30-3/h9-13,16-17,20,22,27-29H,4-8H2,1-3H3,(H,21,24,25)/t10?,11?,12?,13-,16-,17-,20-/m1/s1. The summed E-state index contributed by atoms with van der Waals surface area (Å²) in [5, 5.41) is 37.3. The van der Waals surface area contributed by atoms with Gasteiger partial charge in [0.2, 0.25) is 0 Å². The molecular weight excluding hydrogens is 404 g/mol. The Morgan fingerprint density at radius 3 is 2.74 bits per heavy atom. The zero-order valence-electron chi connectivity index (χ0n) is 18.1. The molecule has 3 unspecified atom stereocenters. The summed E-state index contributed by atoms with van der Waals surface area (Å²) in [5.41, 5.74) is 1.07. The SMILES string of the molecule is CNc1nc(CNC2CCC(O)C(C)C2)nc2c1ncn2[C@@H]1O[C@H](COC)[C@@H](O)[C@H]1O. The van der Waals surface area contributed by atoms with Crippen molar-refractivity contribution in [1.29, 1.82) is 0 Å². The molecule has 2 aromatic heterocycles. The highest BCUT2D eigenvalue weighted by Gasteiger charge is 2.44.